The number of nitrogens with zero attached hydrogens (tertiary/aromatic N) is 1. The van der Waals surface area contributed by atoms with Crippen LogP contribution in [0, 0.1) is 5.92 Å². The maximum atomic E-state index is 12.6. The number of carboxylic acids is 1. The number of carboxylic acid groups (broad SMARTS) is 1. The lowest BCUT2D eigenvalue weighted by Gasteiger charge is -2.25. The lowest BCUT2D eigenvalue weighted by molar-refractivity contribution is -0.140. The van der Waals surface area contributed by atoms with Gasteiger partial charge in [-0.05, 0) is 23.8 Å². The minimum absolute atomic E-state index is 0.0256. The van der Waals surface area contributed by atoms with Crippen LogP contribution < -0.4 is 4.90 Å². The van der Waals surface area contributed by atoms with Crippen molar-refractivity contribution >= 4 is 29.3 Å². The molecule has 19 heavy (non-hydrogen) atoms. The highest BCUT2D eigenvalue weighted by Gasteiger charge is 2.41. The first kappa shape index (κ1) is 12.5. The van der Waals surface area contributed by atoms with Crippen LogP contribution in [0.1, 0.15) is 12.0 Å². The van der Waals surface area contributed by atoms with Gasteiger partial charge in [-0.1, -0.05) is 18.2 Å². The van der Waals surface area contributed by atoms with Crippen LogP contribution in [-0.2, 0) is 16.0 Å². The Morgan fingerprint density at radius 3 is 2.79 bits per heavy atom. The second-order valence-electron chi connectivity index (χ2n) is 4.96. The van der Waals surface area contributed by atoms with Gasteiger partial charge in [-0.2, -0.15) is 11.8 Å². The highest BCUT2D eigenvalue weighted by Crippen LogP contribution is 2.35. The van der Waals surface area contributed by atoms with E-state index in [0.717, 1.165) is 29.2 Å². The summed E-state index contributed by atoms with van der Waals surface area (Å²) in [5.41, 5.74) is 1.73. The number of carbonyl (C=O) groups is 2. The first-order chi connectivity index (χ1) is 9.18. The van der Waals surface area contributed by atoms with Crippen molar-refractivity contribution in [2.45, 2.75) is 18.9 Å². The maximum Gasteiger partial charge on any atom is 0.327 e. The molecule has 100 valence electrons. The van der Waals surface area contributed by atoms with Gasteiger partial charge in [-0.25, -0.2) is 4.79 Å². The Labute approximate surface area is 115 Å². The molecule has 0 radical (unpaired) electrons. The van der Waals surface area contributed by atoms with E-state index in [-0.39, 0.29) is 11.8 Å². The monoisotopic (exact) mass is 277 g/mol. The molecule has 2 unspecified atom stereocenters. The fourth-order valence-corrected chi connectivity index (χ4v) is 3.99. The van der Waals surface area contributed by atoms with Gasteiger partial charge in [0.1, 0.15) is 6.04 Å². The van der Waals surface area contributed by atoms with Crippen LogP contribution in [-0.4, -0.2) is 34.5 Å². The summed E-state index contributed by atoms with van der Waals surface area (Å²) >= 11 is 1.77. The van der Waals surface area contributed by atoms with Gasteiger partial charge in [-0.15, -0.1) is 0 Å². The first-order valence-corrected chi connectivity index (χ1v) is 7.55. The number of rotatable bonds is 2. The van der Waals surface area contributed by atoms with Crippen LogP contribution in [0.15, 0.2) is 24.3 Å². The van der Waals surface area contributed by atoms with Gasteiger partial charge >= 0.3 is 5.97 Å². The molecule has 1 aromatic rings. The molecule has 2 heterocycles. The lowest BCUT2D eigenvalue weighted by Crippen LogP contribution is -2.45. The molecule has 0 aliphatic carbocycles. The molecular weight excluding hydrogens is 262 g/mol. The van der Waals surface area contributed by atoms with Crippen LogP contribution in [0.4, 0.5) is 5.69 Å². The molecule has 5 heteroatoms. The lowest BCUT2D eigenvalue weighted by atomic mass is 10.1. The highest BCUT2D eigenvalue weighted by atomic mass is 32.2. The second-order valence-corrected chi connectivity index (χ2v) is 6.11. The van der Waals surface area contributed by atoms with Gasteiger partial charge in [-0.3, -0.25) is 9.69 Å². The Morgan fingerprint density at radius 1 is 1.32 bits per heavy atom. The number of aliphatic carboxylic acids is 1. The number of fused-ring (bicyclic) bond motifs is 1. The zero-order valence-corrected chi connectivity index (χ0v) is 11.2. The number of para-hydroxylation sites is 1. The van der Waals surface area contributed by atoms with Crippen molar-refractivity contribution in [2.24, 2.45) is 5.92 Å². The third-order valence-electron chi connectivity index (χ3n) is 3.78. The number of hydrogen-bond donors (Lipinski definition) is 1. The normalized spacial score (nSPS) is 25.4. The molecule has 1 fully saturated rings. The zero-order chi connectivity index (χ0) is 13.4. The van der Waals surface area contributed by atoms with E-state index in [9.17, 15) is 14.7 Å². The number of amides is 1. The van der Waals surface area contributed by atoms with E-state index in [1.807, 2.05) is 24.3 Å². The fraction of sp³-hybridized carbons (Fsp3) is 0.429. The summed E-state index contributed by atoms with van der Waals surface area (Å²) in [6.07, 6.45) is 1.27. The van der Waals surface area contributed by atoms with E-state index in [4.69, 9.17) is 0 Å². The minimum Gasteiger partial charge on any atom is -0.480 e. The summed E-state index contributed by atoms with van der Waals surface area (Å²) in [5.74, 6) is 0.823. The van der Waals surface area contributed by atoms with Crippen LogP contribution in [0.25, 0.3) is 0 Å². The Balaban J connectivity index is 1.95. The molecular formula is C14H15NO3S. The summed E-state index contributed by atoms with van der Waals surface area (Å²) in [6, 6.07) is 6.75. The third-order valence-corrected chi connectivity index (χ3v) is 4.94. The number of benzene rings is 1. The van der Waals surface area contributed by atoms with Crippen molar-refractivity contribution < 1.29 is 14.7 Å². The van der Waals surface area contributed by atoms with E-state index in [1.54, 1.807) is 11.8 Å². The van der Waals surface area contributed by atoms with Gasteiger partial charge in [0.05, 0.1) is 0 Å². The minimum atomic E-state index is -0.921. The molecule has 1 N–H and O–H groups in total. The zero-order valence-electron chi connectivity index (χ0n) is 10.4. The van der Waals surface area contributed by atoms with Crippen molar-refractivity contribution in [3.8, 4) is 0 Å². The van der Waals surface area contributed by atoms with Crippen molar-refractivity contribution in [1.82, 2.24) is 0 Å². The molecule has 0 spiro atoms. The Hall–Kier alpha value is -1.49. The van der Waals surface area contributed by atoms with Gasteiger partial charge in [0.15, 0.2) is 0 Å². The van der Waals surface area contributed by atoms with Crippen molar-refractivity contribution in [2.75, 3.05) is 16.4 Å². The average Bonchev–Trinajstić information content (AvgIpc) is 3.05. The Morgan fingerprint density at radius 2 is 2.11 bits per heavy atom. The molecule has 0 aromatic heterocycles. The van der Waals surface area contributed by atoms with Crippen LogP contribution in [0.3, 0.4) is 0 Å². The van der Waals surface area contributed by atoms with E-state index in [1.165, 1.54) is 4.90 Å². The summed E-state index contributed by atoms with van der Waals surface area (Å²) in [5, 5.41) is 9.35. The fourth-order valence-electron chi connectivity index (χ4n) is 2.78. The summed E-state index contributed by atoms with van der Waals surface area (Å²) in [6.45, 7) is 0. The van der Waals surface area contributed by atoms with Crippen LogP contribution >= 0.6 is 11.8 Å². The molecule has 1 aromatic carbocycles. The largest absolute Gasteiger partial charge is 0.480 e. The van der Waals surface area contributed by atoms with E-state index in [0.29, 0.717) is 6.42 Å². The van der Waals surface area contributed by atoms with Crippen molar-refractivity contribution in [3.63, 3.8) is 0 Å². The Kier molecular flexibility index (Phi) is 3.22. The average molecular weight is 277 g/mol. The highest BCUT2D eigenvalue weighted by molar-refractivity contribution is 7.99. The first-order valence-electron chi connectivity index (χ1n) is 6.40. The summed E-state index contributed by atoms with van der Waals surface area (Å²) < 4.78 is 0. The number of anilines is 1. The SMILES string of the molecule is O=C(O)C1Cc2ccccc2N1C(=O)C1CCSC1. The number of carbonyl (C=O) groups excluding carboxylic acids is 1. The predicted octanol–water partition coefficient (Wildman–Crippen LogP) is 1.78. The van der Waals surface area contributed by atoms with Crippen LogP contribution in [0.5, 0.6) is 0 Å². The molecule has 2 atom stereocenters. The van der Waals surface area contributed by atoms with Crippen molar-refractivity contribution in [1.29, 1.82) is 0 Å². The van der Waals surface area contributed by atoms with E-state index < -0.39 is 12.0 Å². The maximum absolute atomic E-state index is 12.6. The summed E-state index contributed by atoms with van der Waals surface area (Å²) in [4.78, 5) is 25.5. The molecule has 0 saturated carbocycles. The van der Waals surface area contributed by atoms with Crippen LogP contribution in [0.2, 0.25) is 0 Å². The molecule has 1 saturated heterocycles. The van der Waals surface area contributed by atoms with Gasteiger partial charge in [0, 0.05) is 23.8 Å². The summed E-state index contributed by atoms with van der Waals surface area (Å²) in [7, 11) is 0. The number of thioether (sulfide) groups is 1. The molecule has 2 aliphatic rings. The topological polar surface area (TPSA) is 57.6 Å². The quantitative estimate of drug-likeness (QED) is 0.895. The van der Waals surface area contributed by atoms with Gasteiger partial charge in [0.2, 0.25) is 5.91 Å². The third kappa shape index (κ3) is 2.12. The smallest absolute Gasteiger partial charge is 0.327 e. The standard InChI is InChI=1S/C14H15NO3S/c16-13(10-5-6-19-8-10)15-11-4-2-1-3-9(11)7-12(15)14(17)18/h1-4,10,12H,5-8H2,(H,17,18). The van der Waals surface area contributed by atoms with E-state index in [2.05, 4.69) is 0 Å². The van der Waals surface area contributed by atoms with E-state index >= 15 is 0 Å². The molecule has 4 nitrogen and oxygen atoms in total. The predicted molar refractivity (Wildman–Crippen MR) is 74.5 cm³/mol. The molecule has 2 aliphatic heterocycles. The second kappa shape index (κ2) is 4.89. The molecule has 1 amide bonds. The molecule has 0 bridgehead atoms. The van der Waals surface area contributed by atoms with Gasteiger partial charge < -0.3 is 5.11 Å². The molecule has 3 rings (SSSR count). The van der Waals surface area contributed by atoms with Crippen molar-refractivity contribution in [3.05, 3.63) is 29.8 Å². The number of hydrogen-bond acceptors (Lipinski definition) is 3. The van der Waals surface area contributed by atoms with Gasteiger partial charge in [0.25, 0.3) is 0 Å². The Bertz CT molecular complexity index is 525.